The van der Waals surface area contributed by atoms with Crippen molar-refractivity contribution in [2.75, 3.05) is 26.2 Å². The molecular weight excluding hydrogens is 376 g/mol. The van der Waals surface area contributed by atoms with Gasteiger partial charge in [0.25, 0.3) is 0 Å². The first-order valence-electron chi connectivity index (χ1n) is 10.6. The number of nitrogens with one attached hydrogen (secondary N) is 2. The normalized spacial score (nSPS) is 17.4. The van der Waals surface area contributed by atoms with Crippen LogP contribution in [0.4, 0.5) is 0 Å². The highest BCUT2D eigenvalue weighted by atomic mass is 16.5. The number of piperidine rings is 1. The second-order valence-electron chi connectivity index (χ2n) is 8.09. The predicted octanol–water partition coefficient (Wildman–Crippen LogP) is 4.13. The molecule has 1 aliphatic heterocycles. The molecule has 1 atom stereocenters. The molecular formula is C23H26N6O. The maximum atomic E-state index is 6.07. The third kappa shape index (κ3) is 3.93. The van der Waals surface area contributed by atoms with E-state index in [0.29, 0.717) is 6.61 Å². The molecule has 0 bridgehead atoms. The number of H-pyrrole nitrogens is 2. The first-order valence-corrected chi connectivity index (χ1v) is 10.6. The van der Waals surface area contributed by atoms with Crippen molar-refractivity contribution in [1.82, 2.24) is 30.3 Å². The number of rotatable bonds is 6. The average Bonchev–Trinajstić information content (AvgIpc) is 3.44. The lowest BCUT2D eigenvalue weighted by molar-refractivity contribution is 0.153. The van der Waals surface area contributed by atoms with Gasteiger partial charge in [-0.2, -0.15) is 10.2 Å². The van der Waals surface area contributed by atoms with Crippen molar-refractivity contribution in [3.63, 3.8) is 0 Å². The van der Waals surface area contributed by atoms with Crippen LogP contribution in [0.2, 0.25) is 0 Å². The monoisotopic (exact) mass is 402 g/mol. The lowest BCUT2D eigenvalue weighted by Gasteiger charge is -2.30. The van der Waals surface area contributed by atoms with Gasteiger partial charge in [-0.15, -0.1) is 0 Å². The van der Waals surface area contributed by atoms with Gasteiger partial charge >= 0.3 is 0 Å². The van der Waals surface area contributed by atoms with Crippen LogP contribution in [0.15, 0.2) is 48.8 Å². The molecule has 5 rings (SSSR count). The number of nitrogens with zero attached hydrogens (tertiary/aromatic N) is 4. The zero-order valence-electron chi connectivity index (χ0n) is 17.1. The Hall–Kier alpha value is -3.19. The molecule has 2 aromatic heterocycles. The fourth-order valence-corrected chi connectivity index (χ4v) is 4.24. The van der Waals surface area contributed by atoms with Crippen LogP contribution in [0.5, 0.6) is 5.75 Å². The predicted molar refractivity (Wildman–Crippen MR) is 117 cm³/mol. The van der Waals surface area contributed by atoms with Gasteiger partial charge in [0.15, 0.2) is 5.82 Å². The summed E-state index contributed by atoms with van der Waals surface area (Å²) in [5, 5.41) is 15.6. The smallest absolute Gasteiger partial charge is 0.155 e. The highest BCUT2D eigenvalue weighted by Gasteiger charge is 2.16. The fraction of sp³-hybridized carbons (Fsp3) is 0.348. The number of aromatic amines is 2. The zero-order chi connectivity index (χ0) is 20.3. The molecule has 154 valence electrons. The minimum Gasteiger partial charge on any atom is -0.492 e. The number of likely N-dealkylation sites (tertiary alicyclic amines) is 1. The third-order valence-corrected chi connectivity index (χ3v) is 5.78. The molecule has 1 aliphatic rings. The second kappa shape index (κ2) is 8.28. The van der Waals surface area contributed by atoms with Crippen molar-refractivity contribution in [2.24, 2.45) is 5.92 Å². The molecule has 3 heterocycles. The summed E-state index contributed by atoms with van der Waals surface area (Å²) in [7, 11) is 0. The largest absolute Gasteiger partial charge is 0.492 e. The maximum Gasteiger partial charge on any atom is 0.155 e. The Bertz CT molecular complexity index is 1120. The minimum absolute atomic E-state index is 0.702. The molecule has 2 N–H and O–H groups in total. The van der Waals surface area contributed by atoms with E-state index in [9.17, 15) is 0 Å². The molecule has 0 saturated carbocycles. The van der Waals surface area contributed by atoms with Gasteiger partial charge in [-0.1, -0.05) is 19.1 Å². The Labute approximate surface area is 175 Å². The summed E-state index contributed by atoms with van der Waals surface area (Å²) in [6.45, 7) is 6.36. The van der Waals surface area contributed by atoms with E-state index in [2.05, 4.69) is 55.4 Å². The standard InChI is InChI=1S/C23H26N6O/c1-16-4-3-9-29(14-16)10-11-30-19-6-2-5-17(12-19)22-20-13-18(23-24-15-25-28-23)7-8-21(20)26-27-22/h2,5-8,12-13,15-16H,3-4,9-11,14H2,1H3,(H,26,27)(H,24,25,28). The molecule has 0 spiro atoms. The molecule has 1 fully saturated rings. The van der Waals surface area contributed by atoms with E-state index in [-0.39, 0.29) is 0 Å². The van der Waals surface area contributed by atoms with Crippen LogP contribution in [0.25, 0.3) is 33.5 Å². The SMILES string of the molecule is CC1CCCN(CCOc2cccc(-c3n[nH]c4ccc(-c5ncn[nH]5)cc34)c2)C1. The highest BCUT2D eigenvalue weighted by molar-refractivity contribution is 5.95. The van der Waals surface area contributed by atoms with Crippen LogP contribution in [-0.4, -0.2) is 56.5 Å². The minimum atomic E-state index is 0.702. The summed E-state index contributed by atoms with van der Waals surface area (Å²) in [5.41, 5.74) is 3.89. The molecule has 2 aromatic carbocycles. The van der Waals surface area contributed by atoms with E-state index in [0.717, 1.165) is 51.8 Å². The van der Waals surface area contributed by atoms with E-state index < -0.39 is 0 Å². The number of ether oxygens (including phenoxy) is 1. The maximum absolute atomic E-state index is 6.07. The summed E-state index contributed by atoms with van der Waals surface area (Å²) in [5.74, 6) is 2.41. The van der Waals surface area contributed by atoms with Gasteiger partial charge in [0, 0.05) is 29.6 Å². The summed E-state index contributed by atoms with van der Waals surface area (Å²) in [6, 6.07) is 14.3. The van der Waals surface area contributed by atoms with Gasteiger partial charge in [0.2, 0.25) is 0 Å². The molecule has 1 saturated heterocycles. The van der Waals surface area contributed by atoms with Crippen LogP contribution in [0.1, 0.15) is 19.8 Å². The molecule has 0 amide bonds. The fourth-order valence-electron chi connectivity index (χ4n) is 4.24. The highest BCUT2D eigenvalue weighted by Crippen LogP contribution is 2.31. The number of aromatic nitrogens is 5. The number of hydrogen-bond donors (Lipinski definition) is 2. The topological polar surface area (TPSA) is 82.7 Å². The lowest BCUT2D eigenvalue weighted by atomic mass is 10.0. The summed E-state index contributed by atoms with van der Waals surface area (Å²) < 4.78 is 6.07. The van der Waals surface area contributed by atoms with Crippen molar-refractivity contribution >= 4 is 10.9 Å². The van der Waals surface area contributed by atoms with Crippen LogP contribution in [-0.2, 0) is 0 Å². The third-order valence-electron chi connectivity index (χ3n) is 5.78. The number of fused-ring (bicyclic) bond motifs is 1. The Morgan fingerprint density at radius 3 is 2.97 bits per heavy atom. The average molecular weight is 403 g/mol. The van der Waals surface area contributed by atoms with E-state index in [1.807, 2.05) is 24.3 Å². The van der Waals surface area contributed by atoms with Gasteiger partial charge in [-0.05, 0) is 55.6 Å². The van der Waals surface area contributed by atoms with Crippen molar-refractivity contribution in [2.45, 2.75) is 19.8 Å². The molecule has 0 radical (unpaired) electrons. The van der Waals surface area contributed by atoms with E-state index in [4.69, 9.17) is 4.74 Å². The zero-order valence-corrected chi connectivity index (χ0v) is 17.1. The van der Waals surface area contributed by atoms with Crippen LogP contribution < -0.4 is 4.74 Å². The molecule has 7 nitrogen and oxygen atoms in total. The van der Waals surface area contributed by atoms with Gasteiger partial charge in [0.1, 0.15) is 24.4 Å². The van der Waals surface area contributed by atoms with E-state index in [1.165, 1.54) is 32.3 Å². The van der Waals surface area contributed by atoms with Gasteiger partial charge in [0.05, 0.1) is 5.52 Å². The van der Waals surface area contributed by atoms with Gasteiger partial charge < -0.3 is 4.74 Å². The quantitative estimate of drug-likeness (QED) is 0.507. The molecule has 4 aromatic rings. The molecule has 0 aliphatic carbocycles. The Morgan fingerprint density at radius 1 is 1.13 bits per heavy atom. The van der Waals surface area contributed by atoms with E-state index >= 15 is 0 Å². The molecule has 1 unspecified atom stereocenters. The summed E-state index contributed by atoms with van der Waals surface area (Å²) in [4.78, 5) is 6.75. The lowest BCUT2D eigenvalue weighted by Crippen LogP contribution is -2.37. The molecule has 7 heteroatoms. The van der Waals surface area contributed by atoms with Crippen LogP contribution in [0, 0.1) is 5.92 Å². The first-order chi connectivity index (χ1) is 14.8. The van der Waals surface area contributed by atoms with Crippen LogP contribution in [0.3, 0.4) is 0 Å². The summed E-state index contributed by atoms with van der Waals surface area (Å²) in [6.07, 6.45) is 4.15. The first kappa shape index (κ1) is 18.8. The van der Waals surface area contributed by atoms with Gasteiger partial charge in [-0.25, -0.2) is 4.98 Å². The number of benzene rings is 2. The molecule has 30 heavy (non-hydrogen) atoms. The Kier molecular flexibility index (Phi) is 5.19. The Morgan fingerprint density at radius 2 is 2.10 bits per heavy atom. The van der Waals surface area contributed by atoms with Gasteiger partial charge in [-0.3, -0.25) is 15.1 Å². The van der Waals surface area contributed by atoms with Crippen molar-refractivity contribution in [3.8, 4) is 28.4 Å². The number of hydrogen-bond acceptors (Lipinski definition) is 5. The Balaban J connectivity index is 1.33. The summed E-state index contributed by atoms with van der Waals surface area (Å²) >= 11 is 0. The van der Waals surface area contributed by atoms with Crippen molar-refractivity contribution in [3.05, 3.63) is 48.8 Å². The van der Waals surface area contributed by atoms with E-state index in [1.54, 1.807) is 0 Å². The van der Waals surface area contributed by atoms with Crippen molar-refractivity contribution < 1.29 is 4.74 Å². The van der Waals surface area contributed by atoms with Crippen LogP contribution >= 0.6 is 0 Å². The second-order valence-corrected chi connectivity index (χ2v) is 8.09. The van der Waals surface area contributed by atoms with Crippen molar-refractivity contribution in [1.29, 1.82) is 0 Å².